The number of nitrogen functional groups attached to an aromatic ring is 1. The molecule has 1 aliphatic heterocycles. The maximum atomic E-state index is 12.3. The van der Waals surface area contributed by atoms with Crippen molar-refractivity contribution in [2.24, 2.45) is 5.92 Å². The number of hydrogen-bond acceptors (Lipinski definition) is 7. The number of rotatable bonds is 4. The van der Waals surface area contributed by atoms with Crippen molar-refractivity contribution in [3.8, 4) is 0 Å². The molecule has 1 unspecified atom stereocenters. The van der Waals surface area contributed by atoms with Gasteiger partial charge in [0.05, 0.1) is 16.7 Å². The van der Waals surface area contributed by atoms with E-state index in [0.29, 0.717) is 29.4 Å². The molecule has 1 saturated carbocycles. The van der Waals surface area contributed by atoms with Crippen LogP contribution in [0.1, 0.15) is 28.9 Å². The van der Waals surface area contributed by atoms with Gasteiger partial charge in [0.25, 0.3) is 0 Å². The van der Waals surface area contributed by atoms with Gasteiger partial charge in [0.1, 0.15) is 9.90 Å². The second-order valence-corrected chi connectivity index (χ2v) is 8.73. The smallest absolute Gasteiger partial charge is 0.180 e. The molecular formula is C13H18N2O4S2. The van der Waals surface area contributed by atoms with Crippen molar-refractivity contribution in [3.63, 3.8) is 0 Å². The highest BCUT2D eigenvalue weighted by Crippen LogP contribution is 2.45. The van der Waals surface area contributed by atoms with Gasteiger partial charge < -0.3 is 15.7 Å². The van der Waals surface area contributed by atoms with Crippen LogP contribution in [0.5, 0.6) is 0 Å². The lowest BCUT2D eigenvalue weighted by molar-refractivity contribution is 0.0972. The van der Waals surface area contributed by atoms with E-state index in [4.69, 9.17) is 5.73 Å². The minimum absolute atomic E-state index is 0.00428. The zero-order valence-corrected chi connectivity index (χ0v) is 13.3. The standard InChI is InChI=1S/C13H18N2O4S2/c1-21(18,19)12-9(14)11(10(17)7-2-3-7)20-13(12)15-5-4-8(16)6-15/h7-8,16H,2-6,14H2,1H3. The summed E-state index contributed by atoms with van der Waals surface area (Å²) in [5.41, 5.74) is 6.06. The van der Waals surface area contributed by atoms with Crippen molar-refractivity contribution in [1.29, 1.82) is 0 Å². The largest absolute Gasteiger partial charge is 0.396 e. The molecule has 3 N–H and O–H groups in total. The average Bonchev–Trinajstić information content (AvgIpc) is 3.04. The fourth-order valence-corrected chi connectivity index (χ4v) is 5.38. The summed E-state index contributed by atoms with van der Waals surface area (Å²) in [7, 11) is -3.53. The lowest BCUT2D eigenvalue weighted by Gasteiger charge is -2.17. The summed E-state index contributed by atoms with van der Waals surface area (Å²) in [6, 6.07) is 0. The van der Waals surface area contributed by atoms with Crippen molar-refractivity contribution >= 4 is 37.6 Å². The fourth-order valence-electron chi connectivity index (χ4n) is 2.62. The molecule has 116 valence electrons. The van der Waals surface area contributed by atoms with E-state index in [1.807, 2.05) is 4.90 Å². The molecule has 1 atom stereocenters. The Hall–Kier alpha value is -1.12. The second kappa shape index (κ2) is 4.96. The van der Waals surface area contributed by atoms with Crippen LogP contribution in [0.3, 0.4) is 0 Å². The van der Waals surface area contributed by atoms with Crippen LogP contribution in [-0.2, 0) is 9.84 Å². The topological polar surface area (TPSA) is 101 Å². The molecule has 2 heterocycles. The number of thiophene rings is 1. The van der Waals surface area contributed by atoms with Crippen molar-refractivity contribution in [3.05, 3.63) is 4.88 Å². The van der Waals surface area contributed by atoms with Gasteiger partial charge in [-0.25, -0.2) is 8.42 Å². The summed E-state index contributed by atoms with van der Waals surface area (Å²) >= 11 is 1.15. The highest BCUT2D eigenvalue weighted by Gasteiger charge is 2.37. The Morgan fingerprint density at radius 3 is 2.52 bits per heavy atom. The lowest BCUT2D eigenvalue weighted by atomic mass is 10.2. The number of hydrogen-bond donors (Lipinski definition) is 2. The summed E-state index contributed by atoms with van der Waals surface area (Å²) in [6.07, 6.45) is 2.92. The molecule has 1 aromatic rings. The number of aliphatic hydroxyl groups excluding tert-OH is 1. The third-order valence-electron chi connectivity index (χ3n) is 3.88. The Balaban J connectivity index is 2.09. The lowest BCUT2D eigenvalue weighted by Crippen LogP contribution is -2.22. The molecule has 2 aliphatic rings. The van der Waals surface area contributed by atoms with Crippen molar-refractivity contribution < 1.29 is 18.3 Å². The van der Waals surface area contributed by atoms with Gasteiger partial charge in [-0.05, 0) is 19.3 Å². The summed E-state index contributed by atoms with van der Waals surface area (Å²) in [6.45, 7) is 0.945. The third-order valence-corrected chi connectivity index (χ3v) is 6.44. The minimum Gasteiger partial charge on any atom is -0.396 e. The zero-order chi connectivity index (χ0) is 15.4. The van der Waals surface area contributed by atoms with Gasteiger partial charge in [-0.15, -0.1) is 11.3 Å². The Labute approximate surface area is 127 Å². The van der Waals surface area contributed by atoms with Crippen LogP contribution in [-0.4, -0.2) is 44.8 Å². The molecule has 0 radical (unpaired) electrons. The molecule has 1 aromatic heterocycles. The van der Waals surface area contributed by atoms with Crippen LogP contribution in [0.2, 0.25) is 0 Å². The molecule has 1 saturated heterocycles. The number of aliphatic hydroxyl groups is 1. The van der Waals surface area contributed by atoms with Gasteiger partial charge >= 0.3 is 0 Å². The SMILES string of the molecule is CS(=O)(=O)c1c(N2CCC(O)C2)sc(C(=O)C2CC2)c1N. The number of carbonyl (C=O) groups is 1. The van der Waals surface area contributed by atoms with Gasteiger partial charge in [0, 0.05) is 25.3 Å². The van der Waals surface area contributed by atoms with E-state index < -0.39 is 15.9 Å². The van der Waals surface area contributed by atoms with Crippen LogP contribution in [0.4, 0.5) is 10.7 Å². The van der Waals surface area contributed by atoms with Crippen LogP contribution in [0.25, 0.3) is 0 Å². The quantitative estimate of drug-likeness (QED) is 0.796. The Kier molecular flexibility index (Phi) is 3.50. The first-order valence-corrected chi connectivity index (χ1v) is 9.59. The number of anilines is 2. The van der Waals surface area contributed by atoms with Crippen molar-refractivity contribution in [2.45, 2.75) is 30.3 Å². The highest BCUT2D eigenvalue weighted by atomic mass is 32.2. The molecule has 2 fully saturated rings. The van der Waals surface area contributed by atoms with Crippen LogP contribution < -0.4 is 10.6 Å². The van der Waals surface area contributed by atoms with Gasteiger partial charge in [-0.2, -0.15) is 0 Å². The van der Waals surface area contributed by atoms with Gasteiger partial charge in [0.15, 0.2) is 15.6 Å². The fraction of sp³-hybridized carbons (Fsp3) is 0.615. The third kappa shape index (κ3) is 2.67. The molecule has 0 bridgehead atoms. The van der Waals surface area contributed by atoms with Gasteiger partial charge in [-0.3, -0.25) is 4.79 Å². The number of β-amino-alcohol motifs (C(OH)–C–C–N with tert-alkyl or cyclic N) is 1. The average molecular weight is 330 g/mol. The molecule has 0 spiro atoms. The van der Waals surface area contributed by atoms with E-state index in [0.717, 1.165) is 30.4 Å². The number of Topliss-reactive ketones (excluding diaryl/α,β-unsaturated/α-hetero) is 1. The number of sulfone groups is 1. The first kappa shape index (κ1) is 14.8. The van der Waals surface area contributed by atoms with E-state index in [1.165, 1.54) is 0 Å². The van der Waals surface area contributed by atoms with E-state index >= 15 is 0 Å². The second-order valence-electron chi connectivity index (χ2n) is 5.78. The number of nitrogens with two attached hydrogens (primary N) is 1. The normalized spacial score (nSPS) is 22.8. The molecule has 6 nitrogen and oxygen atoms in total. The van der Waals surface area contributed by atoms with E-state index in [1.54, 1.807) is 0 Å². The van der Waals surface area contributed by atoms with Crippen molar-refractivity contribution in [2.75, 3.05) is 30.0 Å². The molecule has 0 amide bonds. The highest BCUT2D eigenvalue weighted by molar-refractivity contribution is 7.91. The Morgan fingerprint density at radius 1 is 1.38 bits per heavy atom. The molecule has 21 heavy (non-hydrogen) atoms. The van der Waals surface area contributed by atoms with Crippen LogP contribution in [0, 0.1) is 5.92 Å². The Morgan fingerprint density at radius 2 is 2.05 bits per heavy atom. The summed E-state index contributed by atoms with van der Waals surface area (Å²) in [4.78, 5) is 14.5. The maximum absolute atomic E-state index is 12.3. The van der Waals surface area contributed by atoms with Gasteiger partial charge in [-0.1, -0.05) is 0 Å². The van der Waals surface area contributed by atoms with E-state index in [2.05, 4.69) is 0 Å². The maximum Gasteiger partial charge on any atom is 0.180 e. The van der Waals surface area contributed by atoms with E-state index in [-0.39, 0.29) is 22.3 Å². The van der Waals surface area contributed by atoms with Crippen LogP contribution in [0.15, 0.2) is 4.90 Å². The minimum atomic E-state index is -3.53. The number of carbonyl (C=O) groups excluding carboxylic acids is 1. The first-order chi connectivity index (χ1) is 9.79. The molecule has 0 aromatic carbocycles. The Bertz CT molecular complexity index is 691. The number of ketones is 1. The molecular weight excluding hydrogens is 312 g/mol. The van der Waals surface area contributed by atoms with Gasteiger partial charge in [0.2, 0.25) is 0 Å². The van der Waals surface area contributed by atoms with Crippen LogP contribution >= 0.6 is 11.3 Å². The molecule has 3 rings (SSSR count). The molecule has 1 aliphatic carbocycles. The van der Waals surface area contributed by atoms with Crippen molar-refractivity contribution in [1.82, 2.24) is 0 Å². The van der Waals surface area contributed by atoms with E-state index in [9.17, 15) is 18.3 Å². The first-order valence-electron chi connectivity index (χ1n) is 6.88. The summed E-state index contributed by atoms with van der Waals surface area (Å²) in [5, 5.41) is 10.1. The zero-order valence-electron chi connectivity index (χ0n) is 11.7. The summed E-state index contributed by atoms with van der Waals surface area (Å²) < 4.78 is 24.1. The summed E-state index contributed by atoms with van der Waals surface area (Å²) in [5.74, 6) is -0.0521. The predicted octanol–water partition coefficient (Wildman–Crippen LogP) is 0.898. The predicted molar refractivity (Wildman–Crippen MR) is 81.7 cm³/mol. The monoisotopic (exact) mass is 330 g/mol. The molecule has 8 heteroatoms. The number of nitrogens with zero attached hydrogens (tertiary/aromatic N) is 1.